The van der Waals surface area contributed by atoms with Crippen molar-refractivity contribution in [3.8, 4) is 0 Å². The van der Waals surface area contributed by atoms with Gasteiger partial charge < -0.3 is 24.1 Å². The van der Waals surface area contributed by atoms with E-state index in [-0.39, 0.29) is 24.1 Å². The molecule has 2 aliphatic heterocycles. The number of aromatic carboxylic acids is 1. The predicted octanol–water partition coefficient (Wildman–Crippen LogP) is 5.63. The fourth-order valence-corrected chi connectivity index (χ4v) is 5.42. The Bertz CT molecular complexity index is 1400. The summed E-state index contributed by atoms with van der Waals surface area (Å²) in [6.45, 7) is 4.79. The van der Waals surface area contributed by atoms with Gasteiger partial charge in [0.05, 0.1) is 18.3 Å². The summed E-state index contributed by atoms with van der Waals surface area (Å²) in [6, 6.07) is 9.96. The van der Waals surface area contributed by atoms with E-state index in [0.717, 1.165) is 31.2 Å². The number of rotatable bonds is 9. The van der Waals surface area contributed by atoms with Gasteiger partial charge in [-0.15, -0.1) is 0 Å². The summed E-state index contributed by atoms with van der Waals surface area (Å²) in [5.41, 5.74) is 0.211. The first kappa shape index (κ1) is 29.6. The van der Waals surface area contributed by atoms with E-state index in [1.807, 2.05) is 13.0 Å². The third kappa shape index (κ3) is 7.10. The second kappa shape index (κ2) is 12.5. The summed E-state index contributed by atoms with van der Waals surface area (Å²) >= 11 is 0. The van der Waals surface area contributed by atoms with Gasteiger partial charge in [0, 0.05) is 38.8 Å². The number of Topliss-reactive ketones (excluding diaryl/α,β-unsaturated/α-hetero) is 1. The quantitative estimate of drug-likeness (QED) is 0.319. The molecule has 12 heteroatoms. The van der Waals surface area contributed by atoms with Crippen LogP contribution < -0.4 is 9.80 Å². The van der Waals surface area contributed by atoms with Gasteiger partial charge in [-0.05, 0) is 60.9 Å². The number of piperidine rings is 2. The number of pyridine rings is 1. The molecule has 9 nitrogen and oxygen atoms in total. The molecule has 2 saturated heterocycles. The highest BCUT2D eigenvalue weighted by atomic mass is 19.4. The van der Waals surface area contributed by atoms with Crippen LogP contribution in [0.2, 0.25) is 0 Å². The zero-order valence-electron chi connectivity index (χ0n) is 23.3. The Morgan fingerprint density at radius 1 is 1.07 bits per heavy atom. The maximum absolute atomic E-state index is 13.7. The van der Waals surface area contributed by atoms with Crippen LogP contribution in [-0.2, 0) is 23.9 Å². The standard InChI is InChI=1S/C30H33F3N4O5/c1-19-4-3-11-37(17-19)29-35-27(30(31,32)33)26(42-29)24(38)15-20-7-8-25(34-16-20)36-12-9-23(10-13-36)41-18-21-5-2-6-22(14-21)28(39)40/h2,5-8,14,16,19,23H,3-4,9-13,15,17-18H2,1H3,(H,39,40). The van der Waals surface area contributed by atoms with Gasteiger partial charge in [0.2, 0.25) is 11.5 Å². The second-order valence-electron chi connectivity index (χ2n) is 11.0. The lowest BCUT2D eigenvalue weighted by molar-refractivity contribution is -0.141. The molecular weight excluding hydrogens is 553 g/mol. The number of nitrogens with zero attached hydrogens (tertiary/aromatic N) is 4. The SMILES string of the molecule is CC1CCCN(c2nc(C(F)(F)F)c(C(=O)Cc3ccc(N4CCC(OCc5cccc(C(=O)O)c5)CC4)nc3)o2)C1. The first-order chi connectivity index (χ1) is 20.1. The molecule has 0 aliphatic carbocycles. The molecular formula is C30H33F3N4O5. The van der Waals surface area contributed by atoms with E-state index >= 15 is 0 Å². The van der Waals surface area contributed by atoms with E-state index in [0.29, 0.717) is 50.1 Å². The van der Waals surface area contributed by atoms with E-state index in [9.17, 15) is 22.8 Å². The van der Waals surface area contributed by atoms with Crippen LogP contribution in [0.3, 0.4) is 0 Å². The smallest absolute Gasteiger partial charge is 0.437 e. The van der Waals surface area contributed by atoms with Crippen LogP contribution in [-0.4, -0.2) is 59.1 Å². The molecule has 2 fully saturated rings. The molecule has 1 unspecified atom stereocenters. The number of carbonyl (C=O) groups excluding carboxylic acids is 1. The van der Waals surface area contributed by atoms with Crippen LogP contribution in [0.25, 0.3) is 0 Å². The number of hydrogen-bond donors (Lipinski definition) is 1. The molecule has 1 N–H and O–H groups in total. The van der Waals surface area contributed by atoms with E-state index in [1.54, 1.807) is 35.2 Å². The van der Waals surface area contributed by atoms with E-state index in [4.69, 9.17) is 14.3 Å². The topological polar surface area (TPSA) is 109 Å². The molecule has 1 aromatic carbocycles. The summed E-state index contributed by atoms with van der Waals surface area (Å²) in [6.07, 6.45) is -0.268. The average Bonchev–Trinajstić information content (AvgIpc) is 3.44. The van der Waals surface area contributed by atoms with Gasteiger partial charge in [-0.25, -0.2) is 9.78 Å². The number of benzene rings is 1. The monoisotopic (exact) mass is 586 g/mol. The van der Waals surface area contributed by atoms with Crippen molar-refractivity contribution in [3.63, 3.8) is 0 Å². The van der Waals surface area contributed by atoms with Crippen molar-refractivity contribution >= 4 is 23.6 Å². The van der Waals surface area contributed by atoms with E-state index in [2.05, 4.69) is 14.9 Å². The van der Waals surface area contributed by atoms with Crippen molar-refractivity contribution in [3.05, 3.63) is 70.7 Å². The summed E-state index contributed by atoms with van der Waals surface area (Å²) in [5, 5.41) is 9.15. The molecule has 2 aliphatic rings. The van der Waals surface area contributed by atoms with Crippen molar-refractivity contribution in [2.45, 2.75) is 57.9 Å². The minimum absolute atomic E-state index is 0.0226. The Morgan fingerprint density at radius 3 is 2.52 bits per heavy atom. The predicted molar refractivity (Wildman–Crippen MR) is 148 cm³/mol. The zero-order valence-corrected chi connectivity index (χ0v) is 23.3. The molecule has 0 saturated carbocycles. The van der Waals surface area contributed by atoms with Crippen molar-refractivity contribution in [2.75, 3.05) is 36.0 Å². The van der Waals surface area contributed by atoms with Crippen molar-refractivity contribution in [1.29, 1.82) is 0 Å². The highest BCUT2D eigenvalue weighted by Crippen LogP contribution is 2.35. The maximum atomic E-state index is 13.7. The number of carboxylic acids is 1. The van der Waals surface area contributed by atoms with Gasteiger partial charge in [-0.2, -0.15) is 18.2 Å². The number of hydrogen-bond acceptors (Lipinski definition) is 8. The van der Waals surface area contributed by atoms with Crippen molar-refractivity contribution in [1.82, 2.24) is 9.97 Å². The van der Waals surface area contributed by atoms with Gasteiger partial charge in [0.1, 0.15) is 5.82 Å². The molecule has 0 bridgehead atoms. The Balaban J connectivity index is 1.16. The normalized spacial score (nSPS) is 18.3. The van der Waals surface area contributed by atoms with Crippen LogP contribution >= 0.6 is 0 Å². The third-order valence-corrected chi connectivity index (χ3v) is 7.66. The van der Waals surface area contributed by atoms with Crippen LogP contribution in [0.4, 0.5) is 25.0 Å². The summed E-state index contributed by atoms with van der Waals surface area (Å²) in [5.74, 6) is -1.54. The molecule has 3 aromatic rings. The molecule has 0 radical (unpaired) electrons. The minimum Gasteiger partial charge on any atom is -0.478 e. The Kier molecular flexibility index (Phi) is 8.81. The Hall–Kier alpha value is -3.93. The zero-order chi connectivity index (χ0) is 29.9. The molecule has 224 valence electrons. The van der Waals surface area contributed by atoms with Crippen molar-refractivity contribution in [2.24, 2.45) is 5.92 Å². The number of halogens is 3. The van der Waals surface area contributed by atoms with Crippen LogP contribution in [0.1, 0.15) is 70.3 Å². The van der Waals surface area contributed by atoms with E-state index < -0.39 is 29.4 Å². The molecule has 5 rings (SSSR count). The molecule has 1 atom stereocenters. The van der Waals surface area contributed by atoms with Crippen LogP contribution in [0.5, 0.6) is 0 Å². The molecule has 42 heavy (non-hydrogen) atoms. The van der Waals surface area contributed by atoms with Gasteiger partial charge in [-0.1, -0.05) is 25.1 Å². The number of alkyl halides is 3. The molecule has 2 aromatic heterocycles. The lowest BCUT2D eigenvalue weighted by Crippen LogP contribution is -2.37. The number of ketones is 1. The molecule has 0 amide bonds. The number of carbonyl (C=O) groups is 2. The lowest BCUT2D eigenvalue weighted by Gasteiger charge is -2.32. The molecule has 0 spiro atoms. The first-order valence-corrected chi connectivity index (χ1v) is 14.1. The summed E-state index contributed by atoms with van der Waals surface area (Å²) in [4.78, 5) is 36.0. The van der Waals surface area contributed by atoms with Gasteiger partial charge >= 0.3 is 12.1 Å². The van der Waals surface area contributed by atoms with Gasteiger partial charge in [0.15, 0.2) is 5.69 Å². The highest BCUT2D eigenvalue weighted by Gasteiger charge is 2.42. The Labute approximate surface area is 241 Å². The third-order valence-electron chi connectivity index (χ3n) is 7.66. The van der Waals surface area contributed by atoms with Crippen LogP contribution in [0.15, 0.2) is 47.0 Å². The Morgan fingerprint density at radius 2 is 1.86 bits per heavy atom. The maximum Gasteiger partial charge on any atom is 0.437 e. The van der Waals surface area contributed by atoms with E-state index in [1.165, 1.54) is 6.20 Å². The minimum atomic E-state index is -4.81. The fourth-order valence-electron chi connectivity index (χ4n) is 5.42. The number of carboxylic acid groups (broad SMARTS) is 1. The van der Waals surface area contributed by atoms with Gasteiger partial charge in [-0.3, -0.25) is 4.79 Å². The second-order valence-corrected chi connectivity index (χ2v) is 11.0. The van der Waals surface area contributed by atoms with Crippen molar-refractivity contribution < 1.29 is 37.0 Å². The lowest BCUT2D eigenvalue weighted by atomic mass is 10.0. The summed E-state index contributed by atoms with van der Waals surface area (Å²) < 4.78 is 52.6. The average molecular weight is 587 g/mol. The highest BCUT2D eigenvalue weighted by molar-refractivity contribution is 5.96. The molecule has 4 heterocycles. The number of oxazole rings is 1. The van der Waals surface area contributed by atoms with Gasteiger partial charge in [0.25, 0.3) is 6.01 Å². The number of ether oxygens (including phenoxy) is 1. The fraction of sp³-hybridized carbons (Fsp3) is 0.467. The summed E-state index contributed by atoms with van der Waals surface area (Å²) in [7, 11) is 0. The van der Waals surface area contributed by atoms with Crippen LogP contribution in [0, 0.1) is 5.92 Å². The largest absolute Gasteiger partial charge is 0.478 e. The first-order valence-electron chi connectivity index (χ1n) is 14.1. The number of aromatic nitrogens is 2. The number of anilines is 2.